The average molecular weight is 281 g/mol. The number of hydrogen-bond donors (Lipinski definition) is 1. The maximum Gasteiger partial charge on any atom is 0.233 e. The molecule has 0 saturated carbocycles. The van der Waals surface area contributed by atoms with Gasteiger partial charge in [0.05, 0.1) is 5.25 Å². The molecule has 0 saturated heterocycles. The molecule has 1 unspecified atom stereocenters. The summed E-state index contributed by atoms with van der Waals surface area (Å²) in [6, 6.07) is 1.93. The molecule has 0 aliphatic carbocycles. The number of hydrogen-bond acceptors (Lipinski definition) is 4. The van der Waals surface area contributed by atoms with Crippen molar-refractivity contribution < 1.29 is 4.79 Å². The fourth-order valence-corrected chi connectivity index (χ4v) is 2.44. The van der Waals surface area contributed by atoms with E-state index in [1.54, 1.807) is 0 Å². The Bertz CT molecular complexity index is 435. The van der Waals surface area contributed by atoms with E-state index < -0.39 is 0 Å². The molecular formula is C14H23N3OS. The third-order valence-corrected chi connectivity index (χ3v) is 3.60. The first-order valence-electron chi connectivity index (χ1n) is 6.74. The third kappa shape index (κ3) is 5.19. The van der Waals surface area contributed by atoms with Gasteiger partial charge in [-0.25, -0.2) is 9.97 Å². The van der Waals surface area contributed by atoms with Crippen LogP contribution in [0.3, 0.4) is 0 Å². The van der Waals surface area contributed by atoms with Crippen LogP contribution in [0.1, 0.15) is 51.6 Å². The van der Waals surface area contributed by atoms with E-state index in [0.29, 0.717) is 5.92 Å². The highest BCUT2D eigenvalue weighted by Crippen LogP contribution is 2.23. The van der Waals surface area contributed by atoms with Crippen LogP contribution in [-0.2, 0) is 4.79 Å². The minimum Gasteiger partial charge on any atom is -0.355 e. The van der Waals surface area contributed by atoms with Crippen molar-refractivity contribution in [2.24, 2.45) is 0 Å². The minimum atomic E-state index is -0.138. The Labute approximate surface area is 119 Å². The molecule has 1 rings (SSSR count). The summed E-state index contributed by atoms with van der Waals surface area (Å²) in [6.07, 6.45) is 0.952. The van der Waals surface area contributed by atoms with Crippen LogP contribution < -0.4 is 5.32 Å². The summed E-state index contributed by atoms with van der Waals surface area (Å²) in [5.74, 6) is 1.20. The molecule has 1 atom stereocenters. The Balaban J connectivity index is 2.73. The molecule has 0 aliphatic rings. The second-order valence-electron chi connectivity index (χ2n) is 4.91. The van der Waals surface area contributed by atoms with E-state index in [4.69, 9.17) is 0 Å². The third-order valence-electron chi connectivity index (χ3n) is 2.58. The van der Waals surface area contributed by atoms with Gasteiger partial charge in [0.15, 0.2) is 0 Å². The second-order valence-corrected chi connectivity index (χ2v) is 6.27. The van der Waals surface area contributed by atoms with Gasteiger partial charge in [-0.1, -0.05) is 32.5 Å². The highest BCUT2D eigenvalue weighted by atomic mass is 32.2. The molecule has 4 nitrogen and oxygen atoms in total. The van der Waals surface area contributed by atoms with Crippen LogP contribution in [0, 0.1) is 6.92 Å². The lowest BCUT2D eigenvalue weighted by Gasteiger charge is -2.12. The first-order chi connectivity index (χ1) is 8.93. The number of thioether (sulfide) groups is 1. The van der Waals surface area contributed by atoms with Crippen molar-refractivity contribution >= 4 is 17.7 Å². The predicted octanol–water partition coefficient (Wildman–Crippen LogP) is 2.92. The molecule has 0 bridgehead atoms. The van der Waals surface area contributed by atoms with Gasteiger partial charge >= 0.3 is 0 Å². The van der Waals surface area contributed by atoms with Crippen LogP contribution in [0.15, 0.2) is 11.1 Å². The van der Waals surface area contributed by atoms with Crippen molar-refractivity contribution in [3.63, 3.8) is 0 Å². The number of nitrogens with one attached hydrogen (secondary N) is 1. The zero-order valence-electron chi connectivity index (χ0n) is 12.4. The van der Waals surface area contributed by atoms with Crippen LogP contribution in [0.4, 0.5) is 0 Å². The van der Waals surface area contributed by atoms with Crippen molar-refractivity contribution in [2.45, 2.75) is 57.2 Å². The van der Waals surface area contributed by atoms with Crippen molar-refractivity contribution in [1.29, 1.82) is 0 Å². The summed E-state index contributed by atoms with van der Waals surface area (Å²) in [5.41, 5.74) is 0.947. The van der Waals surface area contributed by atoms with Crippen molar-refractivity contribution in [3.8, 4) is 0 Å². The first kappa shape index (κ1) is 16.0. The molecule has 1 aromatic rings. The maximum absolute atomic E-state index is 11.8. The van der Waals surface area contributed by atoms with E-state index in [1.807, 2.05) is 26.8 Å². The lowest BCUT2D eigenvalue weighted by atomic mass is 10.2. The molecule has 0 spiro atoms. The summed E-state index contributed by atoms with van der Waals surface area (Å²) in [6.45, 7) is 10.8. The molecule has 0 fully saturated rings. The molecule has 5 heteroatoms. The Morgan fingerprint density at radius 3 is 2.63 bits per heavy atom. The molecular weight excluding hydrogens is 258 g/mol. The van der Waals surface area contributed by atoms with E-state index in [9.17, 15) is 4.79 Å². The van der Waals surface area contributed by atoms with Crippen molar-refractivity contribution in [3.05, 3.63) is 17.6 Å². The largest absolute Gasteiger partial charge is 0.355 e. The summed E-state index contributed by atoms with van der Waals surface area (Å²) < 4.78 is 0. The lowest BCUT2D eigenvalue weighted by molar-refractivity contribution is -0.120. The second kappa shape index (κ2) is 7.48. The molecule has 0 aliphatic heterocycles. The van der Waals surface area contributed by atoms with Gasteiger partial charge in [0.2, 0.25) is 5.91 Å². The minimum absolute atomic E-state index is 0.0641. The van der Waals surface area contributed by atoms with Gasteiger partial charge in [-0.15, -0.1) is 0 Å². The number of amides is 1. The predicted molar refractivity (Wildman–Crippen MR) is 79.5 cm³/mol. The molecule has 0 radical (unpaired) electrons. The van der Waals surface area contributed by atoms with Gasteiger partial charge in [-0.05, 0) is 26.3 Å². The van der Waals surface area contributed by atoms with Gasteiger partial charge in [-0.3, -0.25) is 4.79 Å². The SMILES string of the molecule is CCCNC(=O)C(C)Sc1cc(C)nc(C(C)C)n1. The number of carbonyl (C=O) groups excluding carboxylic acids is 1. The van der Waals surface area contributed by atoms with Gasteiger partial charge in [0, 0.05) is 18.2 Å². The molecule has 1 N–H and O–H groups in total. The van der Waals surface area contributed by atoms with E-state index in [2.05, 4.69) is 29.1 Å². The molecule has 0 aromatic carbocycles. The van der Waals surface area contributed by atoms with Crippen LogP contribution in [0.5, 0.6) is 0 Å². The lowest BCUT2D eigenvalue weighted by Crippen LogP contribution is -2.31. The topological polar surface area (TPSA) is 54.9 Å². The summed E-state index contributed by atoms with van der Waals surface area (Å²) in [5, 5.41) is 3.63. The normalized spacial score (nSPS) is 12.5. The standard InChI is InChI=1S/C14H23N3OS/c1-6-7-15-14(18)11(5)19-12-8-10(4)16-13(17-12)9(2)3/h8-9,11H,6-7H2,1-5H3,(H,15,18). The fourth-order valence-electron chi connectivity index (χ4n) is 1.51. The van der Waals surface area contributed by atoms with Gasteiger partial charge in [-0.2, -0.15) is 0 Å². The molecule has 1 heterocycles. The number of aryl methyl sites for hydroxylation is 1. The van der Waals surface area contributed by atoms with Crippen LogP contribution in [0.25, 0.3) is 0 Å². The van der Waals surface area contributed by atoms with Gasteiger partial charge in [0.25, 0.3) is 0 Å². The number of aromatic nitrogens is 2. The Morgan fingerprint density at radius 1 is 1.37 bits per heavy atom. The number of carbonyl (C=O) groups is 1. The quantitative estimate of drug-likeness (QED) is 0.643. The van der Waals surface area contributed by atoms with Gasteiger partial charge < -0.3 is 5.32 Å². The zero-order chi connectivity index (χ0) is 14.4. The molecule has 1 aromatic heterocycles. The van der Waals surface area contributed by atoms with E-state index in [1.165, 1.54) is 11.8 Å². The Morgan fingerprint density at radius 2 is 2.05 bits per heavy atom. The Hall–Kier alpha value is -1.10. The van der Waals surface area contributed by atoms with Gasteiger partial charge in [0.1, 0.15) is 10.9 Å². The first-order valence-corrected chi connectivity index (χ1v) is 7.62. The van der Waals surface area contributed by atoms with Crippen molar-refractivity contribution in [2.75, 3.05) is 6.54 Å². The smallest absolute Gasteiger partial charge is 0.233 e. The number of rotatable bonds is 6. The maximum atomic E-state index is 11.8. The zero-order valence-corrected chi connectivity index (χ0v) is 13.2. The van der Waals surface area contributed by atoms with Crippen LogP contribution >= 0.6 is 11.8 Å². The highest BCUT2D eigenvalue weighted by Gasteiger charge is 2.15. The number of nitrogens with zero attached hydrogens (tertiary/aromatic N) is 2. The summed E-state index contributed by atoms with van der Waals surface area (Å²) in [4.78, 5) is 20.8. The average Bonchev–Trinajstić information content (AvgIpc) is 2.34. The highest BCUT2D eigenvalue weighted by molar-refractivity contribution is 8.00. The van der Waals surface area contributed by atoms with E-state index in [-0.39, 0.29) is 11.2 Å². The van der Waals surface area contributed by atoms with E-state index >= 15 is 0 Å². The summed E-state index contributed by atoms with van der Waals surface area (Å²) >= 11 is 1.48. The molecule has 1 amide bonds. The van der Waals surface area contributed by atoms with Crippen molar-refractivity contribution in [1.82, 2.24) is 15.3 Å². The summed E-state index contributed by atoms with van der Waals surface area (Å²) in [7, 11) is 0. The monoisotopic (exact) mass is 281 g/mol. The van der Waals surface area contributed by atoms with E-state index in [0.717, 1.165) is 29.5 Å². The molecule has 106 valence electrons. The van der Waals surface area contributed by atoms with Crippen LogP contribution in [-0.4, -0.2) is 27.7 Å². The Kier molecular flexibility index (Phi) is 6.28. The fraction of sp³-hybridized carbons (Fsp3) is 0.643. The molecule has 19 heavy (non-hydrogen) atoms. The van der Waals surface area contributed by atoms with Crippen LogP contribution in [0.2, 0.25) is 0 Å².